The smallest absolute Gasteiger partial charge is 0.322 e. The number of sulfonamides is 1. The van der Waals surface area contributed by atoms with Gasteiger partial charge in [0.1, 0.15) is 11.6 Å². The summed E-state index contributed by atoms with van der Waals surface area (Å²) in [5.74, 6) is -1.33. The van der Waals surface area contributed by atoms with Crippen LogP contribution in [0.4, 0.5) is 14.8 Å². The Labute approximate surface area is 183 Å². The Hall–Kier alpha value is -3.18. The largest absolute Gasteiger partial charge is 0.407 e. The molecule has 0 atom stereocenters. The topological polar surface area (TPSA) is 105 Å². The molecule has 32 heavy (non-hydrogen) atoms. The van der Waals surface area contributed by atoms with Gasteiger partial charge < -0.3 is 4.42 Å². The van der Waals surface area contributed by atoms with E-state index in [2.05, 4.69) is 15.5 Å². The van der Waals surface area contributed by atoms with Crippen LogP contribution >= 0.6 is 0 Å². The maximum absolute atomic E-state index is 13.1. The van der Waals surface area contributed by atoms with Crippen LogP contribution in [0.25, 0.3) is 0 Å². The van der Waals surface area contributed by atoms with Crippen molar-refractivity contribution in [3.63, 3.8) is 0 Å². The molecule has 0 aliphatic carbocycles. The Kier molecular flexibility index (Phi) is 6.28. The van der Waals surface area contributed by atoms with E-state index < -0.39 is 21.8 Å². The molecular formula is C21H20F2N4O4S. The fourth-order valence-corrected chi connectivity index (χ4v) is 4.94. The molecule has 1 aliphatic rings. The Balaban J connectivity index is 1.31. The van der Waals surface area contributed by atoms with Gasteiger partial charge in [-0.05, 0) is 54.8 Å². The third-order valence-electron chi connectivity index (χ3n) is 5.24. The first-order valence-electron chi connectivity index (χ1n) is 9.95. The van der Waals surface area contributed by atoms with Crippen molar-refractivity contribution < 1.29 is 26.4 Å². The normalized spacial score (nSPS) is 15.6. The van der Waals surface area contributed by atoms with Gasteiger partial charge in [0.2, 0.25) is 21.8 Å². The summed E-state index contributed by atoms with van der Waals surface area (Å²) in [4.78, 5) is 12.6. The van der Waals surface area contributed by atoms with Crippen LogP contribution in [0.3, 0.4) is 0 Å². The summed E-state index contributed by atoms with van der Waals surface area (Å²) in [5, 5.41) is 10.3. The number of carbonyl (C=O) groups excluding carboxylic acids is 1. The first-order valence-corrected chi connectivity index (χ1v) is 11.4. The van der Waals surface area contributed by atoms with Crippen LogP contribution in [0.15, 0.2) is 57.8 Å². The lowest BCUT2D eigenvalue weighted by Crippen LogP contribution is -2.41. The number of halogens is 2. The summed E-state index contributed by atoms with van der Waals surface area (Å²) in [5.41, 5.74) is 0.780. The van der Waals surface area contributed by atoms with E-state index in [1.54, 1.807) is 12.1 Å². The van der Waals surface area contributed by atoms with Gasteiger partial charge in [-0.25, -0.2) is 17.2 Å². The Morgan fingerprint density at radius 2 is 1.59 bits per heavy atom. The molecule has 1 aliphatic heterocycles. The molecule has 1 aromatic heterocycles. The second-order valence-corrected chi connectivity index (χ2v) is 9.36. The quantitative estimate of drug-likeness (QED) is 0.604. The zero-order chi connectivity index (χ0) is 22.7. The summed E-state index contributed by atoms with van der Waals surface area (Å²) in [6.45, 7) is 0.328. The van der Waals surface area contributed by atoms with Crippen molar-refractivity contribution in [2.24, 2.45) is 5.92 Å². The Morgan fingerprint density at radius 3 is 2.22 bits per heavy atom. The number of hydrogen-bond acceptors (Lipinski definition) is 6. The molecule has 1 saturated heterocycles. The van der Waals surface area contributed by atoms with Gasteiger partial charge >= 0.3 is 6.01 Å². The van der Waals surface area contributed by atoms with Crippen LogP contribution in [0.5, 0.6) is 0 Å². The predicted octanol–water partition coefficient (Wildman–Crippen LogP) is 2.98. The summed E-state index contributed by atoms with van der Waals surface area (Å²) in [7, 11) is -3.75. The minimum atomic E-state index is -3.75. The standard InChI is InChI=1S/C21H20F2N4O4S/c22-16-3-1-14(2-4-16)13-19-25-26-21(31-19)24-20(28)15-9-11-27(12-10-15)32(29,30)18-7-5-17(23)6-8-18/h1-8,15H,9-13H2,(H,24,26,28). The molecule has 0 bridgehead atoms. The van der Waals surface area contributed by atoms with E-state index in [1.165, 1.54) is 28.6 Å². The van der Waals surface area contributed by atoms with E-state index in [1.807, 2.05) is 0 Å². The first kappa shape index (κ1) is 22.0. The molecule has 2 aromatic carbocycles. The van der Waals surface area contributed by atoms with Crippen molar-refractivity contribution in [1.29, 1.82) is 0 Å². The van der Waals surface area contributed by atoms with E-state index in [0.29, 0.717) is 19.3 Å². The van der Waals surface area contributed by atoms with Gasteiger partial charge in [-0.1, -0.05) is 17.2 Å². The molecule has 2 heterocycles. The molecule has 0 radical (unpaired) electrons. The molecule has 0 spiro atoms. The number of carbonyl (C=O) groups is 1. The van der Waals surface area contributed by atoms with E-state index >= 15 is 0 Å². The summed E-state index contributed by atoms with van der Waals surface area (Å²) >= 11 is 0. The maximum atomic E-state index is 13.1. The van der Waals surface area contributed by atoms with Crippen LogP contribution in [0.2, 0.25) is 0 Å². The fourth-order valence-electron chi connectivity index (χ4n) is 3.47. The number of aromatic nitrogens is 2. The van der Waals surface area contributed by atoms with Gasteiger partial charge in [-0.15, -0.1) is 5.10 Å². The Morgan fingerprint density at radius 1 is 1.00 bits per heavy atom. The van der Waals surface area contributed by atoms with Crippen LogP contribution in [-0.4, -0.2) is 41.9 Å². The maximum Gasteiger partial charge on any atom is 0.322 e. The molecular weight excluding hydrogens is 442 g/mol. The number of benzene rings is 2. The lowest BCUT2D eigenvalue weighted by Gasteiger charge is -2.30. The number of hydrogen-bond donors (Lipinski definition) is 1. The van der Waals surface area contributed by atoms with Gasteiger partial charge in [0, 0.05) is 19.0 Å². The van der Waals surface area contributed by atoms with E-state index in [9.17, 15) is 22.0 Å². The molecule has 1 fully saturated rings. The van der Waals surface area contributed by atoms with Crippen molar-refractivity contribution in [1.82, 2.24) is 14.5 Å². The van der Waals surface area contributed by atoms with Crippen LogP contribution < -0.4 is 5.32 Å². The fraction of sp³-hybridized carbons (Fsp3) is 0.286. The summed E-state index contributed by atoms with van der Waals surface area (Å²) < 4.78 is 58.2. The molecule has 0 saturated carbocycles. The number of nitrogens with zero attached hydrogens (tertiary/aromatic N) is 3. The second kappa shape index (κ2) is 9.13. The lowest BCUT2D eigenvalue weighted by atomic mass is 9.97. The number of amides is 1. The zero-order valence-electron chi connectivity index (χ0n) is 16.9. The molecule has 1 amide bonds. The third-order valence-corrected chi connectivity index (χ3v) is 7.15. The third kappa shape index (κ3) is 5.00. The highest BCUT2D eigenvalue weighted by atomic mass is 32.2. The Bertz CT molecular complexity index is 1190. The van der Waals surface area contributed by atoms with Crippen LogP contribution in [0, 0.1) is 17.6 Å². The molecule has 4 rings (SSSR count). The van der Waals surface area contributed by atoms with E-state index in [4.69, 9.17) is 4.42 Å². The van der Waals surface area contributed by atoms with Gasteiger partial charge in [0.15, 0.2) is 0 Å². The van der Waals surface area contributed by atoms with Gasteiger partial charge in [-0.2, -0.15) is 4.31 Å². The minimum Gasteiger partial charge on any atom is -0.407 e. The average Bonchev–Trinajstić information content (AvgIpc) is 3.22. The van der Waals surface area contributed by atoms with Gasteiger partial charge in [0.25, 0.3) is 0 Å². The molecule has 168 valence electrons. The number of nitrogens with one attached hydrogen (secondary N) is 1. The molecule has 1 N–H and O–H groups in total. The van der Waals surface area contributed by atoms with Crippen LogP contribution in [0.1, 0.15) is 24.3 Å². The van der Waals surface area contributed by atoms with E-state index in [0.717, 1.165) is 17.7 Å². The van der Waals surface area contributed by atoms with Crippen LogP contribution in [-0.2, 0) is 21.2 Å². The van der Waals surface area contributed by atoms with Crippen molar-refractivity contribution >= 4 is 21.9 Å². The minimum absolute atomic E-state index is 0.0151. The second-order valence-electron chi connectivity index (χ2n) is 7.43. The molecule has 3 aromatic rings. The number of rotatable bonds is 6. The van der Waals surface area contributed by atoms with Crippen molar-refractivity contribution in [3.8, 4) is 0 Å². The first-order chi connectivity index (χ1) is 15.3. The highest BCUT2D eigenvalue weighted by Crippen LogP contribution is 2.25. The SMILES string of the molecule is O=C(Nc1nnc(Cc2ccc(F)cc2)o1)C1CCN(S(=O)(=O)c2ccc(F)cc2)CC1. The van der Waals surface area contributed by atoms with E-state index in [-0.39, 0.29) is 41.6 Å². The van der Waals surface area contributed by atoms with Gasteiger partial charge in [-0.3, -0.25) is 10.1 Å². The van der Waals surface area contributed by atoms with Crippen molar-refractivity contribution in [2.75, 3.05) is 18.4 Å². The summed E-state index contributed by atoms with van der Waals surface area (Å²) in [6.07, 6.45) is 0.939. The highest BCUT2D eigenvalue weighted by molar-refractivity contribution is 7.89. The van der Waals surface area contributed by atoms with Crippen molar-refractivity contribution in [3.05, 3.63) is 71.6 Å². The molecule has 0 unspecified atom stereocenters. The zero-order valence-corrected chi connectivity index (χ0v) is 17.7. The summed E-state index contributed by atoms with van der Waals surface area (Å²) in [6, 6.07) is 10.5. The number of piperidine rings is 1. The number of anilines is 1. The highest BCUT2D eigenvalue weighted by Gasteiger charge is 2.32. The lowest BCUT2D eigenvalue weighted by molar-refractivity contribution is -0.121. The van der Waals surface area contributed by atoms with Crippen molar-refractivity contribution in [2.45, 2.75) is 24.2 Å². The average molecular weight is 462 g/mol. The van der Waals surface area contributed by atoms with Gasteiger partial charge in [0.05, 0.1) is 11.3 Å². The molecule has 11 heteroatoms. The predicted molar refractivity (Wildman–Crippen MR) is 110 cm³/mol. The molecule has 8 nitrogen and oxygen atoms in total. The monoisotopic (exact) mass is 462 g/mol.